The Balaban J connectivity index is 1.43. The van der Waals surface area contributed by atoms with E-state index in [2.05, 4.69) is 115 Å². The largest absolute Gasteiger partial charge is 0.457 e. The van der Waals surface area contributed by atoms with Crippen molar-refractivity contribution in [2.45, 2.75) is 0 Å². The van der Waals surface area contributed by atoms with Crippen molar-refractivity contribution in [3.8, 4) is 0 Å². The fourth-order valence-electron chi connectivity index (χ4n) is 3.97. The molecule has 0 radical (unpaired) electrons. The van der Waals surface area contributed by atoms with E-state index >= 15 is 0 Å². The van der Waals surface area contributed by atoms with E-state index in [1.165, 1.54) is 5.71 Å². The summed E-state index contributed by atoms with van der Waals surface area (Å²) in [7, 11) is 0. The van der Waals surface area contributed by atoms with Gasteiger partial charge in [-0.05, 0) is 71.4 Å². The van der Waals surface area contributed by atoms with E-state index in [-0.39, 0.29) is 0 Å². The second-order valence-corrected chi connectivity index (χ2v) is 9.98. The lowest BCUT2D eigenvalue weighted by Gasteiger charge is -2.18. The molecular weight excluding hydrogens is 554 g/mol. The van der Waals surface area contributed by atoms with Gasteiger partial charge in [-0.15, -0.1) is 0 Å². The molecule has 0 spiro atoms. The van der Waals surface area contributed by atoms with Crippen molar-refractivity contribution in [3.63, 3.8) is 0 Å². The highest BCUT2D eigenvalue weighted by molar-refractivity contribution is 9.10. The molecule has 0 unspecified atom stereocenters. The Bertz CT molecular complexity index is 1260. The van der Waals surface area contributed by atoms with Gasteiger partial charge in [0.05, 0.1) is 0 Å². The summed E-state index contributed by atoms with van der Waals surface area (Å²) in [5.41, 5.74) is 5.65. The summed E-state index contributed by atoms with van der Waals surface area (Å²) in [4.78, 5) is 0. The van der Waals surface area contributed by atoms with Gasteiger partial charge in [0, 0.05) is 26.7 Å². The van der Waals surface area contributed by atoms with Gasteiger partial charge in [0.2, 0.25) is 0 Å². The van der Waals surface area contributed by atoms with Crippen molar-refractivity contribution in [1.82, 2.24) is 0 Å². The number of allylic oxidation sites excluding steroid dienone is 10. The number of rotatable bonds is 3. The van der Waals surface area contributed by atoms with E-state index in [9.17, 15) is 0 Å². The Hall–Kier alpha value is -2.73. The summed E-state index contributed by atoms with van der Waals surface area (Å²) < 4.78 is 16.2. The predicted molar refractivity (Wildman–Crippen MR) is 146 cm³/mol. The van der Waals surface area contributed by atoms with Gasteiger partial charge >= 0.3 is 0 Å². The second-order valence-electron chi connectivity index (χ2n) is 8.15. The van der Waals surface area contributed by atoms with E-state index in [0.717, 1.165) is 69.0 Å². The maximum Gasteiger partial charge on any atom is 0.200 e. The molecule has 1 saturated heterocycles. The Morgan fingerprint density at radius 2 is 1.32 bits per heavy atom. The lowest BCUT2D eigenvalue weighted by molar-refractivity contribution is -0.547. The van der Waals surface area contributed by atoms with Crippen molar-refractivity contribution in [1.29, 1.82) is 0 Å². The molecule has 5 heteroatoms. The third-order valence-electron chi connectivity index (χ3n) is 5.83. The fraction of sp³-hybridized carbons (Fsp3) is 0.138. The molecule has 1 aliphatic carbocycles. The van der Waals surface area contributed by atoms with Gasteiger partial charge in [-0.25, -0.2) is 4.58 Å². The lowest BCUT2D eigenvalue weighted by Crippen LogP contribution is -2.32. The van der Waals surface area contributed by atoms with Crippen LogP contribution >= 0.6 is 31.9 Å². The lowest BCUT2D eigenvalue weighted by atomic mass is 10.0. The molecular formula is C29H24Br2NO2+. The highest BCUT2D eigenvalue weighted by Gasteiger charge is 2.17. The zero-order chi connectivity index (χ0) is 23.3. The van der Waals surface area contributed by atoms with E-state index in [1.807, 2.05) is 18.2 Å². The first-order valence-electron chi connectivity index (χ1n) is 11.2. The van der Waals surface area contributed by atoms with Gasteiger partial charge in [-0.2, -0.15) is 0 Å². The van der Waals surface area contributed by atoms with E-state index in [1.54, 1.807) is 0 Å². The second kappa shape index (κ2) is 10.7. The summed E-state index contributed by atoms with van der Waals surface area (Å²) in [6.45, 7) is 3.46. The van der Waals surface area contributed by atoms with E-state index < -0.39 is 0 Å². The van der Waals surface area contributed by atoms with Gasteiger partial charge in [0.1, 0.15) is 24.7 Å². The number of benzene rings is 2. The molecule has 0 atom stereocenters. The molecule has 1 fully saturated rings. The van der Waals surface area contributed by atoms with E-state index in [4.69, 9.17) is 9.47 Å². The average molecular weight is 578 g/mol. The molecule has 0 bridgehead atoms. The normalized spacial score (nSPS) is 19.1. The van der Waals surface area contributed by atoms with Crippen LogP contribution in [0, 0.1) is 0 Å². The zero-order valence-corrected chi connectivity index (χ0v) is 21.8. The number of hydrogen-bond acceptors (Lipinski definition) is 2. The van der Waals surface area contributed by atoms with Crippen LogP contribution in [0.4, 0.5) is 0 Å². The average Bonchev–Trinajstić information content (AvgIpc) is 2.89. The summed E-state index contributed by atoms with van der Waals surface area (Å²) in [5.74, 6) is 1.63. The standard InChI is InChI=1S/C29H24Br2NO2/c30-25-8-4-22(5-9-25)24-19-28(34-29(20-24)23-6-10-26(31)11-7-23)14-3-21-1-12-27(13-2-21)32-15-17-33-18-16-32/h1-14,19-20H,15-18H2/q+1. The first-order valence-corrected chi connectivity index (χ1v) is 12.8. The molecule has 170 valence electrons. The van der Waals surface area contributed by atoms with Crippen LogP contribution < -0.4 is 0 Å². The summed E-state index contributed by atoms with van der Waals surface area (Å²) >= 11 is 7.04. The number of hydrogen-bond donors (Lipinski definition) is 0. The van der Waals surface area contributed by atoms with Crippen molar-refractivity contribution in [2.24, 2.45) is 0 Å². The highest BCUT2D eigenvalue weighted by Crippen LogP contribution is 2.32. The molecule has 0 N–H and O–H groups in total. The molecule has 2 aliphatic heterocycles. The summed E-state index contributed by atoms with van der Waals surface area (Å²) in [6, 6.07) is 16.5. The number of halogens is 2. The smallest absolute Gasteiger partial charge is 0.200 e. The van der Waals surface area contributed by atoms with Crippen LogP contribution in [0.3, 0.4) is 0 Å². The number of morpholine rings is 1. The molecule has 3 nitrogen and oxygen atoms in total. The van der Waals surface area contributed by atoms with Crippen molar-refractivity contribution in [3.05, 3.63) is 129 Å². The summed E-state index contributed by atoms with van der Waals surface area (Å²) in [5, 5.41) is 0. The molecule has 0 saturated carbocycles. The van der Waals surface area contributed by atoms with Crippen LogP contribution in [0.25, 0.3) is 11.3 Å². The van der Waals surface area contributed by atoms with Gasteiger partial charge < -0.3 is 9.47 Å². The Morgan fingerprint density at radius 1 is 0.706 bits per heavy atom. The molecule has 2 aromatic rings. The minimum Gasteiger partial charge on any atom is -0.457 e. The van der Waals surface area contributed by atoms with Crippen LogP contribution in [-0.2, 0) is 9.47 Å². The van der Waals surface area contributed by atoms with Crippen molar-refractivity contribution >= 4 is 48.9 Å². The first kappa shape index (κ1) is 23.0. The molecule has 5 rings (SSSR count). The van der Waals surface area contributed by atoms with Gasteiger partial charge in [0.25, 0.3) is 0 Å². The molecule has 0 aromatic heterocycles. The van der Waals surface area contributed by atoms with Crippen LogP contribution in [0.1, 0.15) is 11.1 Å². The molecule has 2 heterocycles. The van der Waals surface area contributed by atoms with Crippen molar-refractivity contribution in [2.75, 3.05) is 26.3 Å². The van der Waals surface area contributed by atoms with Gasteiger partial charge in [0.15, 0.2) is 18.8 Å². The molecule has 34 heavy (non-hydrogen) atoms. The Kier molecular flexibility index (Phi) is 7.24. The van der Waals surface area contributed by atoms with Crippen LogP contribution in [0.2, 0.25) is 0 Å². The maximum absolute atomic E-state index is 6.30. The minimum absolute atomic E-state index is 0.790. The predicted octanol–water partition coefficient (Wildman–Crippen LogP) is 7.09. The minimum atomic E-state index is 0.790. The fourth-order valence-corrected chi connectivity index (χ4v) is 4.49. The van der Waals surface area contributed by atoms with Crippen molar-refractivity contribution < 1.29 is 14.0 Å². The number of nitrogens with zero attached hydrogens (tertiary/aromatic N) is 1. The van der Waals surface area contributed by atoms with Gasteiger partial charge in [-0.1, -0.05) is 62.2 Å². The Morgan fingerprint density at radius 3 is 1.97 bits per heavy atom. The topological polar surface area (TPSA) is 21.5 Å². The monoisotopic (exact) mass is 576 g/mol. The molecule has 2 aromatic carbocycles. The van der Waals surface area contributed by atoms with E-state index in [0.29, 0.717) is 0 Å². The third kappa shape index (κ3) is 5.66. The van der Waals surface area contributed by atoms with Crippen LogP contribution in [0.5, 0.6) is 0 Å². The first-order chi connectivity index (χ1) is 16.6. The third-order valence-corrected chi connectivity index (χ3v) is 6.89. The highest BCUT2D eigenvalue weighted by atomic mass is 79.9. The quantitative estimate of drug-likeness (QED) is 0.363. The zero-order valence-electron chi connectivity index (χ0n) is 18.6. The van der Waals surface area contributed by atoms with Gasteiger partial charge in [-0.3, -0.25) is 0 Å². The SMILES string of the molecule is Brc1ccc(C2=CC(=CC=C3C=CC(=[N+]4CCOCC4)C=C3)OC(c3ccc(Br)cc3)=C2)cc1. The Labute approximate surface area is 217 Å². The maximum atomic E-state index is 6.30. The molecule has 3 aliphatic rings. The van der Waals surface area contributed by atoms with Crippen LogP contribution in [0.15, 0.2) is 117 Å². The molecule has 0 amide bonds. The number of ether oxygens (including phenoxy) is 2. The van der Waals surface area contributed by atoms with Crippen LogP contribution in [-0.4, -0.2) is 36.6 Å². The summed E-state index contributed by atoms with van der Waals surface area (Å²) in [6.07, 6.45) is 17.0.